The molecule has 1 aromatic heterocycles. The van der Waals surface area contributed by atoms with Crippen LogP contribution in [0.1, 0.15) is 36.1 Å². The molecule has 1 unspecified atom stereocenters. The molecule has 6 nitrogen and oxygen atoms in total. The second-order valence-electron chi connectivity index (χ2n) is 8.04. The van der Waals surface area contributed by atoms with Crippen LogP contribution in [-0.2, 0) is 11.3 Å². The van der Waals surface area contributed by atoms with E-state index in [4.69, 9.17) is 9.47 Å². The van der Waals surface area contributed by atoms with Crippen molar-refractivity contribution in [3.63, 3.8) is 0 Å². The van der Waals surface area contributed by atoms with Crippen molar-refractivity contribution in [2.24, 2.45) is 4.99 Å². The summed E-state index contributed by atoms with van der Waals surface area (Å²) in [5.41, 5.74) is 1.17. The van der Waals surface area contributed by atoms with Gasteiger partial charge in [-0.15, -0.1) is 11.3 Å². The van der Waals surface area contributed by atoms with Gasteiger partial charge < -0.3 is 20.1 Å². The minimum Gasteiger partial charge on any atom is -0.492 e. The van der Waals surface area contributed by atoms with E-state index < -0.39 is 0 Å². The van der Waals surface area contributed by atoms with Crippen LogP contribution in [0.25, 0.3) is 0 Å². The molecule has 2 aromatic rings. The average Bonchev–Trinajstić information content (AvgIpc) is 3.35. The molecule has 170 valence electrons. The fraction of sp³-hybridized carbons (Fsp3) is 0.542. The molecular formula is C24H36N4O2S. The molecule has 1 aliphatic heterocycles. The summed E-state index contributed by atoms with van der Waals surface area (Å²) in [5.74, 6) is 2.18. The molecule has 1 aromatic carbocycles. The smallest absolute Gasteiger partial charge is 0.191 e. The highest BCUT2D eigenvalue weighted by Gasteiger charge is 2.18. The zero-order chi connectivity index (χ0) is 21.9. The van der Waals surface area contributed by atoms with Crippen LogP contribution < -0.4 is 15.4 Å². The van der Waals surface area contributed by atoms with Gasteiger partial charge in [0.15, 0.2) is 5.96 Å². The highest BCUT2D eigenvalue weighted by Crippen LogP contribution is 2.19. The summed E-state index contributed by atoms with van der Waals surface area (Å²) in [4.78, 5) is 8.12. The topological polar surface area (TPSA) is 58.1 Å². The van der Waals surface area contributed by atoms with Crippen LogP contribution in [-0.4, -0.2) is 63.9 Å². The number of ether oxygens (including phenoxy) is 2. The summed E-state index contributed by atoms with van der Waals surface area (Å²) in [6.45, 7) is 7.13. The van der Waals surface area contributed by atoms with Gasteiger partial charge in [0.1, 0.15) is 12.4 Å². The Hall–Kier alpha value is -2.09. The second kappa shape index (κ2) is 12.7. The van der Waals surface area contributed by atoms with E-state index in [-0.39, 0.29) is 0 Å². The Bertz CT molecular complexity index is 791. The molecule has 2 N–H and O–H groups in total. The summed E-state index contributed by atoms with van der Waals surface area (Å²) >= 11 is 1.80. The molecule has 0 bridgehead atoms. The van der Waals surface area contributed by atoms with Crippen LogP contribution in [0.15, 0.2) is 46.8 Å². The monoisotopic (exact) mass is 444 g/mol. The fourth-order valence-electron chi connectivity index (χ4n) is 3.69. The summed E-state index contributed by atoms with van der Waals surface area (Å²) in [5, 5.41) is 8.94. The van der Waals surface area contributed by atoms with E-state index in [1.807, 2.05) is 12.1 Å². The van der Waals surface area contributed by atoms with Crippen molar-refractivity contribution in [3.05, 3.63) is 52.2 Å². The highest BCUT2D eigenvalue weighted by atomic mass is 32.1. The van der Waals surface area contributed by atoms with Gasteiger partial charge in [-0.3, -0.25) is 9.89 Å². The Labute approximate surface area is 190 Å². The van der Waals surface area contributed by atoms with Crippen LogP contribution in [0.3, 0.4) is 0 Å². The van der Waals surface area contributed by atoms with Crippen LogP contribution in [0.4, 0.5) is 0 Å². The Morgan fingerprint density at radius 2 is 2.10 bits per heavy atom. The van der Waals surface area contributed by atoms with Gasteiger partial charge in [-0.1, -0.05) is 25.1 Å². The molecule has 7 heteroatoms. The molecule has 3 rings (SSSR count). The first-order chi connectivity index (χ1) is 15.2. The molecule has 0 saturated carbocycles. The molecule has 1 fully saturated rings. The molecular weight excluding hydrogens is 408 g/mol. The zero-order valence-electron chi connectivity index (χ0n) is 19.0. The maximum atomic E-state index is 6.02. The molecule has 1 atom stereocenters. The van der Waals surface area contributed by atoms with Gasteiger partial charge in [0.25, 0.3) is 0 Å². The van der Waals surface area contributed by atoms with Gasteiger partial charge in [0, 0.05) is 56.7 Å². The van der Waals surface area contributed by atoms with Gasteiger partial charge >= 0.3 is 0 Å². The van der Waals surface area contributed by atoms with Crippen molar-refractivity contribution >= 4 is 17.3 Å². The second-order valence-corrected chi connectivity index (χ2v) is 9.02. The van der Waals surface area contributed by atoms with Crippen molar-refractivity contribution in [3.8, 4) is 5.75 Å². The summed E-state index contributed by atoms with van der Waals surface area (Å²) < 4.78 is 11.5. The molecule has 0 spiro atoms. The molecule has 31 heavy (non-hydrogen) atoms. The number of nitrogens with one attached hydrogen (secondary N) is 2. The molecule has 0 radical (unpaired) electrons. The van der Waals surface area contributed by atoms with E-state index in [9.17, 15) is 0 Å². The number of aliphatic imine (C=N–C) groups is 1. The first kappa shape index (κ1) is 23.6. The van der Waals surface area contributed by atoms with Gasteiger partial charge in [0.2, 0.25) is 0 Å². The minimum atomic E-state index is 0.453. The minimum absolute atomic E-state index is 0.453. The van der Waals surface area contributed by atoms with E-state index in [0.717, 1.165) is 50.9 Å². The number of nitrogens with zero attached hydrogens (tertiary/aromatic N) is 2. The van der Waals surface area contributed by atoms with Crippen molar-refractivity contribution in [2.45, 2.75) is 38.3 Å². The third-order valence-electron chi connectivity index (χ3n) is 5.71. The number of guanidine groups is 1. The summed E-state index contributed by atoms with van der Waals surface area (Å²) in [7, 11) is 3.98. The van der Waals surface area contributed by atoms with Crippen LogP contribution in [0.5, 0.6) is 5.75 Å². The van der Waals surface area contributed by atoms with Crippen LogP contribution >= 0.6 is 11.3 Å². The van der Waals surface area contributed by atoms with E-state index >= 15 is 0 Å². The Morgan fingerprint density at radius 1 is 1.26 bits per heavy atom. The van der Waals surface area contributed by atoms with E-state index in [1.165, 1.54) is 10.4 Å². The van der Waals surface area contributed by atoms with Gasteiger partial charge in [-0.25, -0.2) is 0 Å². The normalized spacial score (nSPS) is 16.3. The molecule has 1 saturated heterocycles. The molecule has 2 heterocycles. The summed E-state index contributed by atoms with van der Waals surface area (Å²) in [6, 6.07) is 13.2. The van der Waals surface area contributed by atoms with E-state index in [2.05, 4.69) is 64.1 Å². The third kappa shape index (κ3) is 7.83. The first-order valence-electron chi connectivity index (χ1n) is 11.1. The fourth-order valence-corrected chi connectivity index (χ4v) is 4.48. The van der Waals surface area contributed by atoms with Crippen LogP contribution in [0.2, 0.25) is 0 Å². The Morgan fingerprint density at radius 3 is 2.84 bits per heavy atom. The van der Waals surface area contributed by atoms with Gasteiger partial charge in [-0.05, 0) is 49.0 Å². The predicted molar refractivity (Wildman–Crippen MR) is 129 cm³/mol. The van der Waals surface area contributed by atoms with Crippen molar-refractivity contribution < 1.29 is 9.47 Å². The lowest BCUT2D eigenvalue weighted by molar-refractivity contribution is 0.0392. The number of thiophene rings is 1. The standard InChI is InChI=1S/C24H36N4O2S/c1-19(23-8-5-15-31-23)17-26-24(25-2)27-18-20-6-4-7-22(16-20)30-14-11-28(3)21-9-12-29-13-10-21/h4-8,15-16,19,21H,9-14,17-18H2,1-3H3,(H2,25,26,27). The Balaban J connectivity index is 1.39. The largest absolute Gasteiger partial charge is 0.492 e. The van der Waals surface area contributed by atoms with Gasteiger partial charge in [0.05, 0.1) is 0 Å². The first-order valence-corrected chi connectivity index (χ1v) is 12.0. The lowest BCUT2D eigenvalue weighted by atomic mass is 10.1. The SMILES string of the molecule is CN=C(NCc1cccc(OCCN(C)C2CCOCC2)c1)NCC(C)c1cccs1. The molecule has 0 amide bonds. The van der Waals surface area contributed by atoms with Crippen molar-refractivity contribution in [2.75, 3.05) is 47.0 Å². The maximum Gasteiger partial charge on any atom is 0.191 e. The van der Waals surface area contributed by atoms with Crippen molar-refractivity contribution in [1.29, 1.82) is 0 Å². The third-order valence-corrected chi connectivity index (χ3v) is 6.82. The number of likely N-dealkylation sites (N-methyl/N-ethyl adjacent to an activating group) is 1. The summed E-state index contributed by atoms with van der Waals surface area (Å²) in [6.07, 6.45) is 2.22. The number of rotatable bonds is 10. The van der Waals surface area contributed by atoms with Crippen molar-refractivity contribution in [1.82, 2.24) is 15.5 Å². The van der Waals surface area contributed by atoms with E-state index in [0.29, 0.717) is 25.1 Å². The lowest BCUT2D eigenvalue weighted by Gasteiger charge is -2.31. The van der Waals surface area contributed by atoms with Gasteiger partial charge in [-0.2, -0.15) is 0 Å². The highest BCUT2D eigenvalue weighted by molar-refractivity contribution is 7.10. The van der Waals surface area contributed by atoms with Crippen LogP contribution in [0, 0.1) is 0 Å². The quantitative estimate of drug-likeness (QED) is 0.432. The predicted octanol–water partition coefficient (Wildman–Crippen LogP) is 3.71. The molecule has 0 aliphatic carbocycles. The average molecular weight is 445 g/mol. The maximum absolute atomic E-state index is 6.02. The van der Waals surface area contributed by atoms with E-state index in [1.54, 1.807) is 18.4 Å². The number of hydrogen-bond donors (Lipinski definition) is 2. The zero-order valence-corrected chi connectivity index (χ0v) is 19.8. The number of hydrogen-bond acceptors (Lipinski definition) is 5. The molecule has 1 aliphatic rings. The Kier molecular flexibility index (Phi) is 9.65. The number of benzene rings is 1. The lowest BCUT2D eigenvalue weighted by Crippen LogP contribution is -2.38.